The van der Waals surface area contributed by atoms with Gasteiger partial charge in [-0.2, -0.15) is 5.26 Å². The number of hydrogen-bond donors (Lipinski definition) is 0. The Morgan fingerprint density at radius 2 is 1.88 bits per heavy atom. The van der Waals surface area contributed by atoms with Crippen molar-refractivity contribution in [1.29, 1.82) is 5.26 Å². The normalized spacial score (nSPS) is 10.6. The van der Waals surface area contributed by atoms with E-state index in [1.807, 2.05) is 30.3 Å². The summed E-state index contributed by atoms with van der Waals surface area (Å²) in [6, 6.07) is 14.3. The topological polar surface area (TPSA) is 28.7 Å². The SMILES string of the molecule is Cc1cc(C=CC#N)c(C)n1-c1ccccc1. The van der Waals surface area contributed by atoms with E-state index in [0.29, 0.717) is 0 Å². The number of hydrogen-bond acceptors (Lipinski definition) is 1. The second kappa shape index (κ2) is 4.71. The molecule has 0 spiro atoms. The zero-order chi connectivity index (χ0) is 12.3. The van der Waals surface area contributed by atoms with Gasteiger partial charge in [-0.3, -0.25) is 0 Å². The van der Waals surface area contributed by atoms with E-state index in [1.165, 1.54) is 11.8 Å². The van der Waals surface area contributed by atoms with Crippen LogP contribution in [0.15, 0.2) is 42.5 Å². The first-order valence-electron chi connectivity index (χ1n) is 5.54. The van der Waals surface area contributed by atoms with Crippen LogP contribution >= 0.6 is 0 Å². The maximum absolute atomic E-state index is 8.57. The minimum Gasteiger partial charge on any atom is -0.318 e. The number of aromatic nitrogens is 1. The van der Waals surface area contributed by atoms with Crippen molar-refractivity contribution in [2.75, 3.05) is 0 Å². The number of aryl methyl sites for hydroxylation is 1. The fourth-order valence-corrected chi connectivity index (χ4v) is 2.06. The van der Waals surface area contributed by atoms with Crippen molar-refractivity contribution in [2.24, 2.45) is 0 Å². The Kier molecular flexibility index (Phi) is 3.11. The summed E-state index contributed by atoms with van der Waals surface area (Å²) < 4.78 is 2.19. The van der Waals surface area contributed by atoms with E-state index in [0.717, 1.165) is 16.9 Å². The van der Waals surface area contributed by atoms with E-state index in [-0.39, 0.29) is 0 Å². The number of nitrogens with zero attached hydrogens (tertiary/aromatic N) is 2. The lowest BCUT2D eigenvalue weighted by Crippen LogP contribution is -1.98. The number of allylic oxidation sites excluding steroid dienone is 1. The molecule has 0 aliphatic rings. The van der Waals surface area contributed by atoms with Gasteiger partial charge in [0.2, 0.25) is 0 Å². The van der Waals surface area contributed by atoms with Crippen molar-refractivity contribution >= 4 is 6.08 Å². The third-order valence-electron chi connectivity index (χ3n) is 2.82. The van der Waals surface area contributed by atoms with E-state index < -0.39 is 0 Å². The molecule has 0 unspecified atom stereocenters. The maximum Gasteiger partial charge on any atom is 0.0912 e. The highest BCUT2D eigenvalue weighted by atomic mass is 15.0. The predicted molar refractivity (Wildman–Crippen MR) is 69.9 cm³/mol. The van der Waals surface area contributed by atoms with Crippen molar-refractivity contribution < 1.29 is 0 Å². The van der Waals surface area contributed by atoms with Crippen LogP contribution in [0, 0.1) is 25.2 Å². The van der Waals surface area contributed by atoms with Crippen LogP contribution in [-0.2, 0) is 0 Å². The van der Waals surface area contributed by atoms with E-state index in [4.69, 9.17) is 5.26 Å². The molecule has 0 aliphatic carbocycles. The standard InChI is InChI=1S/C15H14N2/c1-12-11-14(7-6-10-16)13(2)17(12)15-8-4-3-5-9-15/h3-9,11H,1-2H3. The van der Waals surface area contributed by atoms with Crippen LogP contribution in [0.4, 0.5) is 0 Å². The van der Waals surface area contributed by atoms with E-state index >= 15 is 0 Å². The number of para-hydroxylation sites is 1. The molecule has 0 saturated carbocycles. The fraction of sp³-hybridized carbons (Fsp3) is 0.133. The van der Waals surface area contributed by atoms with Gasteiger partial charge in [0.05, 0.1) is 6.07 Å². The Morgan fingerprint density at radius 1 is 1.18 bits per heavy atom. The molecule has 1 heterocycles. The molecule has 1 aromatic carbocycles. The van der Waals surface area contributed by atoms with Gasteiger partial charge in [0.15, 0.2) is 0 Å². The fourth-order valence-electron chi connectivity index (χ4n) is 2.06. The zero-order valence-electron chi connectivity index (χ0n) is 10.0. The van der Waals surface area contributed by atoms with Gasteiger partial charge in [-0.25, -0.2) is 0 Å². The van der Waals surface area contributed by atoms with Crippen LogP contribution in [-0.4, -0.2) is 4.57 Å². The summed E-state index contributed by atoms with van der Waals surface area (Å²) in [6.07, 6.45) is 3.36. The number of nitriles is 1. The van der Waals surface area contributed by atoms with Crippen LogP contribution in [0.25, 0.3) is 11.8 Å². The van der Waals surface area contributed by atoms with Crippen LogP contribution in [0.2, 0.25) is 0 Å². The third-order valence-corrected chi connectivity index (χ3v) is 2.82. The number of benzene rings is 1. The Hall–Kier alpha value is -2.27. The molecule has 0 bridgehead atoms. The molecule has 0 N–H and O–H groups in total. The molecule has 2 rings (SSSR count). The number of rotatable bonds is 2. The molecule has 2 aromatic rings. The molecular weight excluding hydrogens is 208 g/mol. The molecule has 17 heavy (non-hydrogen) atoms. The lowest BCUT2D eigenvalue weighted by Gasteiger charge is -2.08. The molecule has 0 atom stereocenters. The van der Waals surface area contributed by atoms with Gasteiger partial charge in [0.25, 0.3) is 0 Å². The summed E-state index contributed by atoms with van der Waals surface area (Å²) in [7, 11) is 0. The minimum absolute atomic E-state index is 1.09. The molecule has 2 heteroatoms. The van der Waals surface area contributed by atoms with Crippen LogP contribution < -0.4 is 0 Å². The first kappa shape index (κ1) is 11.2. The molecule has 0 aliphatic heterocycles. The molecule has 0 radical (unpaired) electrons. The van der Waals surface area contributed by atoms with E-state index in [9.17, 15) is 0 Å². The van der Waals surface area contributed by atoms with Crippen molar-refractivity contribution in [3.05, 3.63) is 59.4 Å². The zero-order valence-corrected chi connectivity index (χ0v) is 10.0. The summed E-state index contributed by atoms with van der Waals surface area (Å²) in [5.74, 6) is 0. The second-order valence-corrected chi connectivity index (χ2v) is 3.96. The minimum atomic E-state index is 1.09. The second-order valence-electron chi connectivity index (χ2n) is 3.96. The highest BCUT2D eigenvalue weighted by Crippen LogP contribution is 2.21. The molecule has 0 amide bonds. The van der Waals surface area contributed by atoms with Crippen molar-refractivity contribution in [2.45, 2.75) is 13.8 Å². The van der Waals surface area contributed by atoms with Gasteiger partial charge >= 0.3 is 0 Å². The van der Waals surface area contributed by atoms with Crippen LogP contribution in [0.3, 0.4) is 0 Å². The van der Waals surface area contributed by atoms with Gasteiger partial charge in [0.1, 0.15) is 0 Å². The van der Waals surface area contributed by atoms with Gasteiger partial charge < -0.3 is 4.57 Å². The van der Waals surface area contributed by atoms with Crippen LogP contribution in [0.5, 0.6) is 0 Å². The van der Waals surface area contributed by atoms with Gasteiger partial charge in [0, 0.05) is 23.2 Å². The van der Waals surface area contributed by atoms with Gasteiger partial charge in [-0.15, -0.1) is 0 Å². The Morgan fingerprint density at radius 3 is 2.53 bits per heavy atom. The monoisotopic (exact) mass is 222 g/mol. The molecule has 2 nitrogen and oxygen atoms in total. The first-order chi connectivity index (χ1) is 8.24. The Bertz CT molecular complexity index is 583. The first-order valence-corrected chi connectivity index (χ1v) is 5.54. The summed E-state index contributed by atoms with van der Waals surface area (Å²) in [6.45, 7) is 4.14. The average Bonchev–Trinajstić information content (AvgIpc) is 2.63. The van der Waals surface area contributed by atoms with E-state index in [1.54, 1.807) is 0 Å². The molecule has 0 saturated heterocycles. The lowest BCUT2D eigenvalue weighted by molar-refractivity contribution is 0.964. The molecular formula is C15H14N2. The quantitative estimate of drug-likeness (QED) is 0.713. The third kappa shape index (κ3) is 2.14. The molecule has 84 valence electrons. The Balaban J connectivity index is 2.54. The van der Waals surface area contributed by atoms with Crippen molar-refractivity contribution in [3.8, 4) is 11.8 Å². The lowest BCUT2D eigenvalue weighted by atomic mass is 10.2. The van der Waals surface area contributed by atoms with Crippen molar-refractivity contribution in [3.63, 3.8) is 0 Å². The maximum atomic E-state index is 8.57. The van der Waals surface area contributed by atoms with Gasteiger partial charge in [-0.1, -0.05) is 18.2 Å². The molecule has 0 fully saturated rings. The summed E-state index contributed by atoms with van der Waals surface area (Å²) >= 11 is 0. The smallest absolute Gasteiger partial charge is 0.0912 e. The van der Waals surface area contributed by atoms with Crippen molar-refractivity contribution in [1.82, 2.24) is 4.57 Å². The summed E-state index contributed by atoms with van der Waals surface area (Å²) in [5.41, 5.74) is 4.57. The summed E-state index contributed by atoms with van der Waals surface area (Å²) in [4.78, 5) is 0. The predicted octanol–water partition coefficient (Wildman–Crippen LogP) is 3.63. The van der Waals surface area contributed by atoms with E-state index in [2.05, 4.69) is 36.6 Å². The Labute approximate surface area is 101 Å². The highest BCUT2D eigenvalue weighted by Gasteiger charge is 2.07. The van der Waals surface area contributed by atoms with Gasteiger partial charge in [-0.05, 0) is 43.7 Å². The largest absolute Gasteiger partial charge is 0.318 e. The van der Waals surface area contributed by atoms with Crippen LogP contribution in [0.1, 0.15) is 17.0 Å². The average molecular weight is 222 g/mol. The summed E-state index contributed by atoms with van der Waals surface area (Å²) in [5, 5.41) is 8.57. The highest BCUT2D eigenvalue weighted by molar-refractivity contribution is 5.57. The molecule has 1 aromatic heterocycles.